The summed E-state index contributed by atoms with van der Waals surface area (Å²) >= 11 is 12.1. The second-order valence-electron chi connectivity index (χ2n) is 7.48. The van der Waals surface area contributed by atoms with E-state index in [0.29, 0.717) is 16.8 Å². The Labute approximate surface area is 170 Å². The lowest BCUT2D eigenvalue weighted by Gasteiger charge is -2.15. The number of benzene rings is 1. The van der Waals surface area contributed by atoms with Gasteiger partial charge in [0.05, 0.1) is 27.1 Å². The van der Waals surface area contributed by atoms with Gasteiger partial charge in [0, 0.05) is 26.4 Å². The summed E-state index contributed by atoms with van der Waals surface area (Å²) in [6, 6.07) is 10.4. The molecule has 0 bridgehead atoms. The van der Waals surface area contributed by atoms with Gasteiger partial charge in [0.2, 0.25) is 0 Å². The van der Waals surface area contributed by atoms with Gasteiger partial charge in [-0.25, -0.2) is 14.6 Å². The molecule has 142 valence electrons. The standard InChI is InChI=1S/C19H22Cl2N4OSi/c1-27(2,3)9-8-26-13-25-19(6-7-24-25)18-11-17(22-12-23-18)14-4-5-15(20)16(21)10-14/h4-7,10-12H,8-9,13H2,1-3H3. The summed E-state index contributed by atoms with van der Waals surface area (Å²) in [6.45, 7) is 8.15. The minimum atomic E-state index is -1.11. The molecule has 3 rings (SSSR count). The molecule has 2 aromatic heterocycles. The predicted molar refractivity (Wildman–Crippen MR) is 113 cm³/mol. The number of ether oxygens (including phenoxy) is 1. The average Bonchev–Trinajstić information content (AvgIpc) is 3.09. The minimum absolute atomic E-state index is 0.402. The molecule has 27 heavy (non-hydrogen) atoms. The van der Waals surface area contributed by atoms with Gasteiger partial charge >= 0.3 is 0 Å². The van der Waals surface area contributed by atoms with Crippen molar-refractivity contribution >= 4 is 31.3 Å². The Hall–Kier alpha value is -1.73. The van der Waals surface area contributed by atoms with E-state index in [4.69, 9.17) is 27.9 Å². The van der Waals surface area contributed by atoms with Gasteiger partial charge in [-0.15, -0.1) is 0 Å². The van der Waals surface area contributed by atoms with Crippen LogP contribution in [-0.2, 0) is 11.5 Å². The Balaban J connectivity index is 1.78. The summed E-state index contributed by atoms with van der Waals surface area (Å²) in [7, 11) is -1.11. The van der Waals surface area contributed by atoms with Crippen LogP contribution >= 0.6 is 23.2 Å². The first-order valence-electron chi connectivity index (χ1n) is 8.71. The molecule has 0 saturated heterocycles. The van der Waals surface area contributed by atoms with E-state index in [0.717, 1.165) is 35.3 Å². The fraction of sp³-hybridized carbons (Fsp3) is 0.316. The summed E-state index contributed by atoms with van der Waals surface area (Å²) in [5.74, 6) is 0. The average molecular weight is 421 g/mol. The first kappa shape index (κ1) is 20.0. The maximum atomic E-state index is 6.13. The van der Waals surface area contributed by atoms with Crippen molar-refractivity contribution in [3.8, 4) is 22.6 Å². The van der Waals surface area contributed by atoms with E-state index < -0.39 is 8.07 Å². The van der Waals surface area contributed by atoms with Crippen LogP contribution in [0.2, 0.25) is 35.7 Å². The van der Waals surface area contributed by atoms with E-state index in [1.807, 2.05) is 22.9 Å². The lowest BCUT2D eigenvalue weighted by Crippen LogP contribution is -2.22. The molecular formula is C19H22Cl2N4OSi. The molecule has 0 atom stereocenters. The van der Waals surface area contributed by atoms with Crippen molar-refractivity contribution in [3.05, 3.63) is 52.9 Å². The topological polar surface area (TPSA) is 52.8 Å². The number of hydrogen-bond acceptors (Lipinski definition) is 4. The van der Waals surface area contributed by atoms with Crippen molar-refractivity contribution in [1.29, 1.82) is 0 Å². The van der Waals surface area contributed by atoms with Gasteiger partial charge in [0.25, 0.3) is 0 Å². The summed E-state index contributed by atoms with van der Waals surface area (Å²) in [5, 5.41) is 5.37. The number of nitrogens with zero attached hydrogens (tertiary/aromatic N) is 4. The summed E-state index contributed by atoms with van der Waals surface area (Å²) in [4.78, 5) is 8.75. The fourth-order valence-corrected chi connectivity index (χ4v) is 3.55. The molecular weight excluding hydrogens is 399 g/mol. The molecule has 0 spiro atoms. The van der Waals surface area contributed by atoms with Gasteiger partial charge in [-0.2, -0.15) is 5.10 Å². The van der Waals surface area contributed by atoms with E-state index in [-0.39, 0.29) is 0 Å². The maximum absolute atomic E-state index is 6.13. The fourth-order valence-electron chi connectivity index (χ4n) is 2.49. The van der Waals surface area contributed by atoms with Gasteiger partial charge in [0.15, 0.2) is 0 Å². The maximum Gasteiger partial charge on any atom is 0.140 e. The van der Waals surface area contributed by atoms with Crippen molar-refractivity contribution < 1.29 is 4.74 Å². The number of rotatable bonds is 7. The number of aromatic nitrogens is 4. The Morgan fingerprint density at radius 1 is 1.00 bits per heavy atom. The molecule has 8 heteroatoms. The van der Waals surface area contributed by atoms with Crippen LogP contribution in [0.1, 0.15) is 0 Å². The van der Waals surface area contributed by atoms with Crippen LogP contribution in [0.15, 0.2) is 42.9 Å². The molecule has 0 unspecified atom stereocenters. The largest absolute Gasteiger partial charge is 0.360 e. The number of hydrogen-bond donors (Lipinski definition) is 0. The lowest BCUT2D eigenvalue weighted by atomic mass is 10.1. The van der Waals surface area contributed by atoms with Gasteiger partial charge in [0.1, 0.15) is 13.1 Å². The quantitative estimate of drug-likeness (QED) is 0.367. The van der Waals surface area contributed by atoms with Crippen molar-refractivity contribution in [1.82, 2.24) is 19.7 Å². The summed E-state index contributed by atoms with van der Waals surface area (Å²) in [6.07, 6.45) is 3.29. The minimum Gasteiger partial charge on any atom is -0.360 e. The monoisotopic (exact) mass is 420 g/mol. The van der Waals surface area contributed by atoms with Crippen LogP contribution in [0.4, 0.5) is 0 Å². The van der Waals surface area contributed by atoms with Crippen molar-refractivity contribution in [2.24, 2.45) is 0 Å². The van der Waals surface area contributed by atoms with Crippen molar-refractivity contribution in [2.75, 3.05) is 6.61 Å². The highest BCUT2D eigenvalue weighted by molar-refractivity contribution is 6.76. The van der Waals surface area contributed by atoms with Crippen LogP contribution in [0.3, 0.4) is 0 Å². The van der Waals surface area contributed by atoms with Crippen LogP contribution in [0.5, 0.6) is 0 Å². The molecule has 0 amide bonds. The van der Waals surface area contributed by atoms with Crippen LogP contribution < -0.4 is 0 Å². The molecule has 0 fully saturated rings. The van der Waals surface area contributed by atoms with E-state index >= 15 is 0 Å². The molecule has 1 aromatic carbocycles. The molecule has 0 radical (unpaired) electrons. The highest BCUT2D eigenvalue weighted by atomic mass is 35.5. The Morgan fingerprint density at radius 3 is 2.52 bits per heavy atom. The second kappa shape index (κ2) is 8.52. The summed E-state index contributed by atoms with van der Waals surface area (Å²) in [5.41, 5.74) is 3.31. The normalized spacial score (nSPS) is 11.7. The zero-order valence-corrected chi connectivity index (χ0v) is 18.1. The Bertz CT molecular complexity index is 924. The van der Waals surface area contributed by atoms with E-state index in [1.54, 1.807) is 18.3 Å². The Morgan fingerprint density at radius 2 is 1.78 bits per heavy atom. The molecule has 0 N–H and O–H groups in total. The lowest BCUT2D eigenvalue weighted by molar-refractivity contribution is 0.0797. The smallest absolute Gasteiger partial charge is 0.140 e. The highest BCUT2D eigenvalue weighted by Gasteiger charge is 2.13. The first-order valence-corrected chi connectivity index (χ1v) is 13.2. The van der Waals surface area contributed by atoms with Crippen LogP contribution in [0, 0.1) is 0 Å². The molecule has 0 aliphatic heterocycles. The van der Waals surface area contributed by atoms with E-state index in [2.05, 4.69) is 34.7 Å². The molecule has 5 nitrogen and oxygen atoms in total. The van der Waals surface area contributed by atoms with Crippen LogP contribution in [-0.4, -0.2) is 34.4 Å². The van der Waals surface area contributed by atoms with Crippen LogP contribution in [0.25, 0.3) is 22.6 Å². The molecule has 2 heterocycles. The number of halogens is 2. The third-order valence-corrected chi connectivity index (χ3v) is 6.51. The Kier molecular flexibility index (Phi) is 6.32. The first-order chi connectivity index (χ1) is 12.8. The van der Waals surface area contributed by atoms with Crippen molar-refractivity contribution in [2.45, 2.75) is 32.4 Å². The summed E-state index contributed by atoms with van der Waals surface area (Å²) < 4.78 is 7.63. The SMILES string of the molecule is C[Si](C)(C)CCOCn1nccc1-c1cc(-c2ccc(Cl)c(Cl)c2)ncn1. The third kappa shape index (κ3) is 5.39. The third-order valence-electron chi connectivity index (χ3n) is 4.07. The molecule has 3 aromatic rings. The molecule has 0 aliphatic rings. The predicted octanol–water partition coefficient (Wildman–Crippen LogP) is 5.63. The molecule has 0 saturated carbocycles. The van der Waals surface area contributed by atoms with Gasteiger partial charge < -0.3 is 4.74 Å². The second-order valence-corrected chi connectivity index (χ2v) is 13.9. The van der Waals surface area contributed by atoms with Gasteiger partial charge in [-0.1, -0.05) is 48.9 Å². The van der Waals surface area contributed by atoms with Gasteiger partial charge in [-0.05, 0) is 30.3 Å². The zero-order chi connectivity index (χ0) is 19.4. The molecule has 0 aliphatic carbocycles. The van der Waals surface area contributed by atoms with E-state index in [1.165, 1.54) is 6.33 Å². The highest BCUT2D eigenvalue weighted by Crippen LogP contribution is 2.29. The van der Waals surface area contributed by atoms with Crippen molar-refractivity contribution in [3.63, 3.8) is 0 Å². The zero-order valence-electron chi connectivity index (χ0n) is 15.6. The van der Waals surface area contributed by atoms with E-state index in [9.17, 15) is 0 Å². The van der Waals surface area contributed by atoms with Gasteiger partial charge in [-0.3, -0.25) is 0 Å².